The van der Waals surface area contributed by atoms with E-state index in [0.717, 1.165) is 0 Å². The lowest BCUT2D eigenvalue weighted by Crippen LogP contribution is -2.41. The van der Waals surface area contributed by atoms with Crippen molar-refractivity contribution in [1.82, 2.24) is 4.90 Å². The first kappa shape index (κ1) is 19.0. The topological polar surface area (TPSA) is 89.2 Å². The van der Waals surface area contributed by atoms with Crippen LogP contribution in [0.1, 0.15) is 29.4 Å². The molecule has 1 aromatic heterocycles. The first-order valence-corrected chi connectivity index (χ1v) is 8.83. The van der Waals surface area contributed by atoms with E-state index in [2.05, 4.69) is 0 Å². The van der Waals surface area contributed by atoms with E-state index in [1.165, 1.54) is 13.2 Å². The largest absolute Gasteiger partial charge is 0.502 e. The molecule has 0 spiro atoms. The van der Waals surface area contributed by atoms with Gasteiger partial charge in [0.15, 0.2) is 5.76 Å². The number of hydrogen-bond donors (Lipinski definition) is 1. The van der Waals surface area contributed by atoms with Gasteiger partial charge in [-0.15, -0.1) is 0 Å². The molecule has 7 heteroatoms. The molecule has 1 fully saturated rings. The van der Waals surface area contributed by atoms with Gasteiger partial charge in [-0.2, -0.15) is 0 Å². The highest BCUT2D eigenvalue weighted by atomic mass is 16.5. The summed E-state index contributed by atoms with van der Waals surface area (Å²) in [5, 5.41) is 10.3. The van der Waals surface area contributed by atoms with Crippen molar-refractivity contribution in [3.8, 4) is 11.5 Å². The number of rotatable bonds is 5. The monoisotopic (exact) mass is 373 g/mol. The first-order valence-electron chi connectivity index (χ1n) is 8.83. The van der Waals surface area contributed by atoms with Crippen LogP contribution in [0.2, 0.25) is 0 Å². The second kappa shape index (κ2) is 8.26. The molecule has 27 heavy (non-hydrogen) atoms. The number of carbonyl (C=O) groups is 1. The zero-order valence-electron chi connectivity index (χ0n) is 15.4. The van der Waals surface area contributed by atoms with Crippen molar-refractivity contribution in [3.63, 3.8) is 0 Å². The van der Waals surface area contributed by atoms with Gasteiger partial charge in [0, 0.05) is 31.1 Å². The Morgan fingerprint density at radius 1 is 1.30 bits per heavy atom. The average Bonchev–Trinajstić information content (AvgIpc) is 2.69. The number of nitrogens with zero attached hydrogens (tertiary/aromatic N) is 1. The van der Waals surface area contributed by atoms with E-state index in [9.17, 15) is 14.7 Å². The van der Waals surface area contributed by atoms with Gasteiger partial charge < -0.3 is 23.9 Å². The third-order valence-electron chi connectivity index (χ3n) is 4.65. The fourth-order valence-electron chi connectivity index (χ4n) is 3.28. The molecule has 1 atom stereocenters. The maximum absolute atomic E-state index is 12.9. The van der Waals surface area contributed by atoms with Crippen LogP contribution >= 0.6 is 0 Å². The van der Waals surface area contributed by atoms with Crippen LogP contribution in [0.25, 0.3) is 0 Å². The highest BCUT2D eigenvalue weighted by Crippen LogP contribution is 2.38. The lowest BCUT2D eigenvalue weighted by Gasteiger charge is -2.29. The van der Waals surface area contributed by atoms with Gasteiger partial charge in [0.2, 0.25) is 17.1 Å². The Morgan fingerprint density at radius 3 is 2.70 bits per heavy atom. The van der Waals surface area contributed by atoms with Crippen molar-refractivity contribution in [2.75, 3.05) is 33.4 Å². The number of benzene rings is 1. The molecule has 0 unspecified atom stereocenters. The molecule has 1 amide bonds. The zero-order chi connectivity index (χ0) is 19.4. The van der Waals surface area contributed by atoms with E-state index in [4.69, 9.17) is 13.9 Å². The number of ether oxygens (including phenoxy) is 2. The van der Waals surface area contributed by atoms with Crippen molar-refractivity contribution >= 4 is 5.91 Å². The number of morpholine rings is 1. The standard InChI is InChI=1S/C20H23NO6/c1-13-11-16(22)19(24)20(27-13)15(14-5-3-4-6-17(14)25-2)12-18(23)21-7-9-26-10-8-21/h3-6,11,15,24H,7-10,12H2,1-2H3/t15-/m0/s1. The van der Waals surface area contributed by atoms with Crippen molar-refractivity contribution in [2.45, 2.75) is 19.3 Å². The van der Waals surface area contributed by atoms with Gasteiger partial charge in [-0.25, -0.2) is 0 Å². The average molecular weight is 373 g/mol. The van der Waals surface area contributed by atoms with Gasteiger partial charge in [0.1, 0.15) is 11.5 Å². The second-order valence-electron chi connectivity index (χ2n) is 6.43. The molecule has 0 saturated carbocycles. The number of aromatic hydroxyl groups is 1. The molecule has 1 N–H and O–H groups in total. The third kappa shape index (κ3) is 4.14. The molecule has 1 saturated heterocycles. The van der Waals surface area contributed by atoms with E-state index in [1.54, 1.807) is 24.0 Å². The Hall–Kier alpha value is -2.80. The van der Waals surface area contributed by atoms with Crippen molar-refractivity contribution in [1.29, 1.82) is 0 Å². The van der Waals surface area contributed by atoms with E-state index >= 15 is 0 Å². The predicted octanol–water partition coefficient (Wildman–Crippen LogP) is 2.04. The smallest absolute Gasteiger partial charge is 0.227 e. The number of methoxy groups -OCH3 is 1. The van der Waals surface area contributed by atoms with Crippen LogP contribution < -0.4 is 10.2 Å². The van der Waals surface area contributed by atoms with E-state index in [-0.39, 0.29) is 18.1 Å². The van der Waals surface area contributed by atoms with Crippen molar-refractivity contribution in [2.24, 2.45) is 0 Å². The molecular weight excluding hydrogens is 350 g/mol. The van der Waals surface area contributed by atoms with Crippen molar-refractivity contribution in [3.05, 3.63) is 57.6 Å². The Balaban J connectivity index is 2.04. The van der Waals surface area contributed by atoms with Crippen LogP contribution in [0, 0.1) is 6.92 Å². The number of amides is 1. The van der Waals surface area contributed by atoms with Crippen LogP contribution in [-0.2, 0) is 9.53 Å². The number of carbonyl (C=O) groups excluding carboxylic acids is 1. The summed E-state index contributed by atoms with van der Waals surface area (Å²) >= 11 is 0. The molecule has 2 aromatic rings. The van der Waals surface area contributed by atoms with Crippen LogP contribution in [0.4, 0.5) is 0 Å². The van der Waals surface area contributed by atoms with Crippen LogP contribution in [-0.4, -0.2) is 49.3 Å². The molecule has 3 rings (SSSR count). The maximum Gasteiger partial charge on any atom is 0.227 e. The highest BCUT2D eigenvalue weighted by molar-refractivity contribution is 5.78. The second-order valence-corrected chi connectivity index (χ2v) is 6.43. The molecule has 1 aliphatic heterocycles. The van der Waals surface area contributed by atoms with E-state index in [1.807, 2.05) is 12.1 Å². The Kier molecular flexibility index (Phi) is 5.81. The van der Waals surface area contributed by atoms with Crippen LogP contribution in [0.3, 0.4) is 0 Å². The molecular formula is C20H23NO6. The lowest BCUT2D eigenvalue weighted by atomic mass is 9.90. The molecule has 0 bridgehead atoms. The summed E-state index contributed by atoms with van der Waals surface area (Å²) in [4.78, 5) is 26.7. The van der Waals surface area contributed by atoms with Gasteiger partial charge >= 0.3 is 0 Å². The van der Waals surface area contributed by atoms with Gasteiger partial charge in [-0.05, 0) is 13.0 Å². The summed E-state index contributed by atoms with van der Waals surface area (Å²) in [6.45, 7) is 3.65. The third-order valence-corrected chi connectivity index (χ3v) is 4.65. The molecule has 1 aromatic carbocycles. The summed E-state index contributed by atoms with van der Waals surface area (Å²) < 4.78 is 16.4. The SMILES string of the molecule is COc1ccccc1[C@H](CC(=O)N1CCOCC1)c1oc(C)cc(=O)c1O. The van der Waals surface area contributed by atoms with Gasteiger partial charge in [0.25, 0.3) is 0 Å². The number of aryl methyl sites for hydroxylation is 1. The molecule has 0 aliphatic carbocycles. The van der Waals surface area contributed by atoms with Crippen molar-refractivity contribution < 1.29 is 23.8 Å². The molecule has 0 radical (unpaired) electrons. The first-order chi connectivity index (χ1) is 13.0. The molecule has 2 heterocycles. The highest BCUT2D eigenvalue weighted by Gasteiger charge is 2.30. The fraction of sp³-hybridized carbons (Fsp3) is 0.400. The normalized spacial score (nSPS) is 15.4. The Bertz CT molecular complexity index is 869. The van der Waals surface area contributed by atoms with Gasteiger partial charge in [-0.1, -0.05) is 18.2 Å². The summed E-state index contributed by atoms with van der Waals surface area (Å²) in [7, 11) is 1.53. The summed E-state index contributed by atoms with van der Waals surface area (Å²) in [5.41, 5.74) is 0.137. The Morgan fingerprint density at radius 2 is 2.00 bits per heavy atom. The Labute approximate surface area is 157 Å². The maximum atomic E-state index is 12.9. The van der Waals surface area contributed by atoms with Crippen LogP contribution in [0.5, 0.6) is 11.5 Å². The number of hydrogen-bond acceptors (Lipinski definition) is 6. The minimum atomic E-state index is -0.649. The van der Waals surface area contributed by atoms with E-state index in [0.29, 0.717) is 43.4 Å². The summed E-state index contributed by atoms with van der Waals surface area (Å²) in [6.07, 6.45) is 0.0420. The van der Waals surface area contributed by atoms with Crippen LogP contribution in [0.15, 0.2) is 39.5 Å². The number of para-hydroxylation sites is 1. The molecule has 1 aliphatic rings. The minimum Gasteiger partial charge on any atom is -0.502 e. The zero-order valence-corrected chi connectivity index (χ0v) is 15.4. The molecule has 144 valence electrons. The quantitative estimate of drug-likeness (QED) is 0.863. The lowest BCUT2D eigenvalue weighted by molar-refractivity contribution is -0.135. The minimum absolute atomic E-state index is 0.0420. The fourth-order valence-corrected chi connectivity index (χ4v) is 3.28. The summed E-state index contributed by atoms with van der Waals surface area (Å²) in [6, 6.07) is 8.43. The van der Waals surface area contributed by atoms with Gasteiger partial charge in [-0.3, -0.25) is 9.59 Å². The molecule has 7 nitrogen and oxygen atoms in total. The summed E-state index contributed by atoms with van der Waals surface area (Å²) in [5.74, 6) is -0.230. The van der Waals surface area contributed by atoms with Gasteiger partial charge in [0.05, 0.1) is 26.2 Å². The van der Waals surface area contributed by atoms with E-state index < -0.39 is 17.1 Å². The predicted molar refractivity (Wildman–Crippen MR) is 98.2 cm³/mol.